The molecule has 0 radical (unpaired) electrons. The van der Waals surface area contributed by atoms with Crippen molar-refractivity contribution in [3.05, 3.63) is 54.6 Å². The highest BCUT2D eigenvalue weighted by Gasteiger charge is 2.23. The number of hydrogen-bond acceptors (Lipinski definition) is 5. The molecule has 0 aliphatic carbocycles. The quantitative estimate of drug-likeness (QED) is 0.495. The second-order valence-corrected chi connectivity index (χ2v) is 7.20. The number of aromatic nitrogens is 2. The molecule has 0 aliphatic rings. The van der Waals surface area contributed by atoms with Crippen molar-refractivity contribution in [1.82, 2.24) is 9.97 Å². The number of furan rings is 1. The van der Waals surface area contributed by atoms with Gasteiger partial charge in [0, 0.05) is 10.9 Å². The van der Waals surface area contributed by atoms with Crippen molar-refractivity contribution in [3.63, 3.8) is 0 Å². The summed E-state index contributed by atoms with van der Waals surface area (Å²) in [5.74, 6) is 0.219. The lowest BCUT2D eigenvalue weighted by Gasteiger charge is -2.17. The molecule has 28 heavy (non-hydrogen) atoms. The minimum absolute atomic E-state index is 0.218. The number of hydrogen-bond donors (Lipinski definition) is 2. The third kappa shape index (κ3) is 3.41. The Morgan fingerprint density at radius 2 is 1.79 bits per heavy atom. The van der Waals surface area contributed by atoms with Crippen LogP contribution in [0.1, 0.15) is 20.3 Å². The van der Waals surface area contributed by atoms with Crippen molar-refractivity contribution in [2.24, 2.45) is 5.92 Å². The van der Waals surface area contributed by atoms with E-state index >= 15 is 0 Å². The van der Waals surface area contributed by atoms with Gasteiger partial charge in [-0.15, -0.1) is 0 Å². The van der Waals surface area contributed by atoms with Crippen LogP contribution in [0.15, 0.2) is 59.0 Å². The smallest absolute Gasteiger partial charge is 0.326 e. The van der Waals surface area contributed by atoms with E-state index in [0.29, 0.717) is 34.7 Å². The fourth-order valence-corrected chi connectivity index (χ4v) is 3.26. The van der Waals surface area contributed by atoms with Gasteiger partial charge in [0.15, 0.2) is 17.2 Å². The minimum Gasteiger partial charge on any atom is -0.480 e. The molecule has 0 fully saturated rings. The number of rotatable bonds is 6. The highest BCUT2D eigenvalue weighted by atomic mass is 16.4. The lowest BCUT2D eigenvalue weighted by molar-refractivity contribution is -0.138. The molecule has 0 aliphatic heterocycles. The number of anilines is 1. The van der Waals surface area contributed by atoms with E-state index in [-0.39, 0.29) is 5.92 Å². The van der Waals surface area contributed by atoms with E-state index in [4.69, 9.17) is 9.40 Å². The summed E-state index contributed by atoms with van der Waals surface area (Å²) in [6.07, 6.45) is 0.474. The van der Waals surface area contributed by atoms with Crippen molar-refractivity contribution in [1.29, 1.82) is 0 Å². The summed E-state index contributed by atoms with van der Waals surface area (Å²) in [6.45, 7) is 3.98. The van der Waals surface area contributed by atoms with Crippen LogP contribution in [0.25, 0.3) is 33.5 Å². The van der Waals surface area contributed by atoms with Gasteiger partial charge in [-0.2, -0.15) is 0 Å². The predicted octanol–water partition coefficient (Wildman–Crippen LogP) is 4.95. The first kappa shape index (κ1) is 18.0. The lowest BCUT2D eigenvalue weighted by Crippen LogP contribution is -2.31. The van der Waals surface area contributed by atoms with Crippen LogP contribution in [0.3, 0.4) is 0 Å². The largest absolute Gasteiger partial charge is 0.480 e. The zero-order valence-corrected chi connectivity index (χ0v) is 15.7. The molecule has 6 nitrogen and oxygen atoms in total. The summed E-state index contributed by atoms with van der Waals surface area (Å²) in [4.78, 5) is 21.1. The fourth-order valence-electron chi connectivity index (χ4n) is 3.26. The fraction of sp³-hybridized carbons (Fsp3) is 0.227. The molecule has 2 heterocycles. The van der Waals surface area contributed by atoms with Gasteiger partial charge in [-0.3, -0.25) is 0 Å². The van der Waals surface area contributed by atoms with Gasteiger partial charge in [-0.1, -0.05) is 56.3 Å². The van der Waals surface area contributed by atoms with Gasteiger partial charge in [-0.25, -0.2) is 14.8 Å². The molecule has 0 spiro atoms. The maximum Gasteiger partial charge on any atom is 0.326 e. The van der Waals surface area contributed by atoms with E-state index in [1.807, 2.05) is 68.4 Å². The van der Waals surface area contributed by atoms with Gasteiger partial charge in [-0.05, 0) is 24.5 Å². The van der Waals surface area contributed by atoms with E-state index in [1.54, 1.807) is 0 Å². The number of aliphatic carboxylic acids is 1. The van der Waals surface area contributed by atoms with Gasteiger partial charge in [0.25, 0.3) is 0 Å². The number of nitrogens with zero attached hydrogens (tertiary/aromatic N) is 2. The topological polar surface area (TPSA) is 88.3 Å². The second-order valence-electron chi connectivity index (χ2n) is 7.20. The van der Waals surface area contributed by atoms with E-state index in [9.17, 15) is 9.90 Å². The van der Waals surface area contributed by atoms with E-state index in [2.05, 4.69) is 10.3 Å². The first-order valence-electron chi connectivity index (χ1n) is 9.27. The number of carbonyl (C=O) groups is 1. The lowest BCUT2D eigenvalue weighted by atomic mass is 10.0. The molecule has 6 heteroatoms. The molecule has 1 atom stereocenters. The molecule has 2 aromatic carbocycles. The van der Waals surface area contributed by atoms with Crippen molar-refractivity contribution in [2.75, 3.05) is 5.32 Å². The van der Waals surface area contributed by atoms with Gasteiger partial charge in [0.05, 0.1) is 0 Å². The molecular weight excluding hydrogens is 354 g/mol. The third-order valence-electron chi connectivity index (χ3n) is 4.57. The molecule has 0 saturated carbocycles. The van der Waals surface area contributed by atoms with E-state index < -0.39 is 12.0 Å². The van der Waals surface area contributed by atoms with Crippen LogP contribution >= 0.6 is 0 Å². The number of para-hydroxylation sites is 1. The van der Waals surface area contributed by atoms with Crippen LogP contribution in [0.4, 0.5) is 5.82 Å². The molecule has 0 amide bonds. The van der Waals surface area contributed by atoms with Crippen LogP contribution in [0.2, 0.25) is 0 Å². The molecular formula is C22H21N3O3. The summed E-state index contributed by atoms with van der Waals surface area (Å²) in [6, 6.07) is 16.5. The number of fused-ring (bicyclic) bond motifs is 3. The second kappa shape index (κ2) is 7.31. The number of carboxylic acids is 1. The molecule has 0 bridgehead atoms. The Balaban J connectivity index is 1.91. The Kier molecular flexibility index (Phi) is 4.69. The molecule has 2 aromatic heterocycles. The predicted molar refractivity (Wildman–Crippen MR) is 109 cm³/mol. The Bertz CT molecular complexity index is 1140. The molecule has 142 valence electrons. The maximum absolute atomic E-state index is 11.8. The SMILES string of the molecule is CC(C)CC(Nc1nc(-c2ccccc2)nc2c1oc1ccccc12)C(=O)O. The average Bonchev–Trinajstić information content (AvgIpc) is 3.07. The Labute approximate surface area is 162 Å². The summed E-state index contributed by atoms with van der Waals surface area (Å²) in [5.41, 5.74) is 2.68. The Morgan fingerprint density at radius 1 is 1.07 bits per heavy atom. The number of carboxylic acid groups (broad SMARTS) is 1. The molecule has 4 rings (SSSR count). The van der Waals surface area contributed by atoms with Crippen LogP contribution in [0, 0.1) is 5.92 Å². The van der Waals surface area contributed by atoms with Crippen LogP contribution in [-0.4, -0.2) is 27.1 Å². The maximum atomic E-state index is 11.8. The molecule has 2 N–H and O–H groups in total. The van der Waals surface area contributed by atoms with Crippen molar-refractivity contribution < 1.29 is 14.3 Å². The van der Waals surface area contributed by atoms with Crippen LogP contribution in [-0.2, 0) is 4.79 Å². The zero-order valence-electron chi connectivity index (χ0n) is 15.7. The minimum atomic E-state index is -0.919. The van der Waals surface area contributed by atoms with Crippen molar-refractivity contribution in [3.8, 4) is 11.4 Å². The normalized spacial score (nSPS) is 12.5. The standard InChI is InChI=1S/C22H21N3O3/c1-13(2)12-16(22(26)27)23-21-19-18(15-10-6-7-11-17(15)28-19)24-20(25-21)14-8-4-3-5-9-14/h3-11,13,16H,12H2,1-2H3,(H,26,27)(H,23,24,25). The summed E-state index contributed by atoms with van der Waals surface area (Å²) < 4.78 is 5.98. The highest BCUT2D eigenvalue weighted by Crippen LogP contribution is 2.33. The zero-order chi connectivity index (χ0) is 19.7. The first-order chi connectivity index (χ1) is 13.5. The van der Waals surface area contributed by atoms with E-state index in [0.717, 1.165) is 10.9 Å². The van der Waals surface area contributed by atoms with Gasteiger partial charge in [0.1, 0.15) is 17.1 Å². The number of nitrogens with one attached hydrogen (secondary N) is 1. The highest BCUT2D eigenvalue weighted by molar-refractivity contribution is 6.06. The monoisotopic (exact) mass is 375 g/mol. The van der Waals surface area contributed by atoms with E-state index in [1.165, 1.54) is 0 Å². The third-order valence-corrected chi connectivity index (χ3v) is 4.57. The average molecular weight is 375 g/mol. The van der Waals surface area contributed by atoms with Crippen LogP contribution < -0.4 is 5.32 Å². The number of benzene rings is 2. The van der Waals surface area contributed by atoms with Crippen molar-refractivity contribution >= 4 is 33.9 Å². The van der Waals surface area contributed by atoms with Crippen LogP contribution in [0.5, 0.6) is 0 Å². The Hall–Kier alpha value is -3.41. The summed E-state index contributed by atoms with van der Waals surface area (Å²) >= 11 is 0. The van der Waals surface area contributed by atoms with Gasteiger partial charge in [0.2, 0.25) is 0 Å². The van der Waals surface area contributed by atoms with Gasteiger partial charge < -0.3 is 14.8 Å². The van der Waals surface area contributed by atoms with Crippen molar-refractivity contribution in [2.45, 2.75) is 26.3 Å². The van der Waals surface area contributed by atoms with Gasteiger partial charge >= 0.3 is 5.97 Å². The first-order valence-corrected chi connectivity index (χ1v) is 9.27. The summed E-state index contributed by atoms with van der Waals surface area (Å²) in [7, 11) is 0. The summed E-state index contributed by atoms with van der Waals surface area (Å²) in [5, 5.41) is 13.6. The molecule has 0 saturated heterocycles. The Morgan fingerprint density at radius 3 is 2.50 bits per heavy atom. The molecule has 4 aromatic rings. The molecule has 1 unspecified atom stereocenters.